The van der Waals surface area contributed by atoms with E-state index in [9.17, 15) is 9.90 Å². The van der Waals surface area contributed by atoms with Crippen LogP contribution in [0.15, 0.2) is 27.4 Å². The van der Waals surface area contributed by atoms with Crippen LogP contribution in [-0.4, -0.2) is 35.3 Å². The zero-order chi connectivity index (χ0) is 16.0. The Hall–Kier alpha value is -1.56. The van der Waals surface area contributed by atoms with Gasteiger partial charge in [-0.1, -0.05) is 11.6 Å². The Kier molecular flexibility index (Phi) is 3.79. The summed E-state index contributed by atoms with van der Waals surface area (Å²) in [6, 6.07) is 5.01. The van der Waals surface area contributed by atoms with E-state index in [0.29, 0.717) is 24.3 Å². The number of hydrogen-bond acceptors (Lipinski definition) is 5. The van der Waals surface area contributed by atoms with Crippen molar-refractivity contribution in [2.75, 3.05) is 13.2 Å². The van der Waals surface area contributed by atoms with Crippen LogP contribution in [0.25, 0.3) is 11.0 Å². The Morgan fingerprint density at radius 1 is 1.30 bits per heavy atom. The van der Waals surface area contributed by atoms with E-state index in [0.717, 1.165) is 36.9 Å². The monoisotopic (exact) mass is 335 g/mol. The highest BCUT2D eigenvalue weighted by molar-refractivity contribution is 6.32. The van der Waals surface area contributed by atoms with Gasteiger partial charge < -0.3 is 14.3 Å². The lowest BCUT2D eigenvalue weighted by atomic mass is 10.1. The average Bonchev–Trinajstić information content (AvgIpc) is 2.99. The van der Waals surface area contributed by atoms with Gasteiger partial charge in [-0.15, -0.1) is 0 Å². The third-order valence-electron chi connectivity index (χ3n) is 4.87. The first kappa shape index (κ1) is 15.0. The zero-order valence-corrected chi connectivity index (χ0v) is 13.4. The van der Waals surface area contributed by atoms with Crippen molar-refractivity contribution < 1.29 is 14.3 Å². The highest BCUT2D eigenvalue weighted by atomic mass is 35.5. The minimum Gasteiger partial charge on any atom is -0.506 e. The minimum atomic E-state index is -0.412. The van der Waals surface area contributed by atoms with Crippen LogP contribution in [0.1, 0.15) is 24.8 Å². The number of halogens is 1. The summed E-state index contributed by atoms with van der Waals surface area (Å²) >= 11 is 6.03. The first-order chi connectivity index (χ1) is 11.1. The number of fused-ring (bicyclic) bond motifs is 2. The van der Waals surface area contributed by atoms with Crippen molar-refractivity contribution in [3.8, 4) is 5.75 Å². The van der Waals surface area contributed by atoms with Gasteiger partial charge in [-0.25, -0.2) is 4.79 Å². The summed E-state index contributed by atoms with van der Waals surface area (Å²) in [6.07, 6.45) is 3.73. The fraction of sp³-hybridized carbons (Fsp3) is 0.471. The summed E-state index contributed by atoms with van der Waals surface area (Å²) < 4.78 is 11.0. The second kappa shape index (κ2) is 5.82. The molecule has 2 aliphatic rings. The number of hydrogen-bond donors (Lipinski definition) is 1. The van der Waals surface area contributed by atoms with Crippen LogP contribution < -0.4 is 5.63 Å². The van der Waals surface area contributed by atoms with E-state index in [-0.39, 0.29) is 10.8 Å². The summed E-state index contributed by atoms with van der Waals surface area (Å²) in [5, 5.41) is 10.8. The lowest BCUT2D eigenvalue weighted by Gasteiger charge is -2.37. The molecule has 2 atom stereocenters. The normalized spacial score (nSPS) is 24.9. The summed E-state index contributed by atoms with van der Waals surface area (Å²) in [6.45, 7) is 2.24. The van der Waals surface area contributed by atoms with Crippen molar-refractivity contribution in [1.29, 1.82) is 0 Å². The van der Waals surface area contributed by atoms with Crippen molar-refractivity contribution in [3.63, 3.8) is 0 Å². The fourth-order valence-electron chi connectivity index (χ4n) is 3.79. The molecule has 1 saturated heterocycles. The van der Waals surface area contributed by atoms with Gasteiger partial charge in [-0.2, -0.15) is 0 Å². The number of phenols is 1. The Labute approximate surface area is 138 Å². The Bertz CT molecular complexity index is 803. The molecular formula is C17H18ClNO4. The van der Waals surface area contributed by atoms with Crippen LogP contribution in [0.3, 0.4) is 0 Å². The van der Waals surface area contributed by atoms with E-state index in [1.54, 1.807) is 6.07 Å². The number of rotatable bonds is 2. The smallest absolute Gasteiger partial charge is 0.336 e. The molecule has 4 rings (SSSR count). The summed E-state index contributed by atoms with van der Waals surface area (Å²) in [5.74, 6) is -0.0818. The van der Waals surface area contributed by atoms with E-state index in [2.05, 4.69) is 4.90 Å². The quantitative estimate of drug-likeness (QED) is 0.855. The van der Waals surface area contributed by atoms with Crippen molar-refractivity contribution >= 4 is 22.6 Å². The van der Waals surface area contributed by atoms with Gasteiger partial charge in [0.05, 0.1) is 17.7 Å². The standard InChI is InChI=1S/C17H18ClNO4/c18-12-7-11-10(6-17(21)23-16(11)8-14(12)20)9-19-4-5-22-15-3-1-2-13(15)19/h6-8,13,15,20H,1-5,9H2/t13-,15+/m1/s1. The molecule has 122 valence electrons. The molecule has 2 heterocycles. The van der Waals surface area contributed by atoms with Gasteiger partial charge in [0.15, 0.2) is 0 Å². The molecule has 1 aromatic heterocycles. The first-order valence-corrected chi connectivity index (χ1v) is 8.30. The van der Waals surface area contributed by atoms with Crippen LogP contribution in [0.2, 0.25) is 5.02 Å². The molecular weight excluding hydrogens is 318 g/mol. The van der Waals surface area contributed by atoms with Crippen LogP contribution in [0.5, 0.6) is 5.75 Å². The molecule has 1 aromatic carbocycles. The third kappa shape index (κ3) is 2.73. The van der Waals surface area contributed by atoms with Crippen molar-refractivity contribution in [2.24, 2.45) is 0 Å². The minimum absolute atomic E-state index is 0.0818. The molecule has 0 radical (unpaired) electrons. The Balaban J connectivity index is 1.73. The van der Waals surface area contributed by atoms with Crippen LogP contribution >= 0.6 is 11.6 Å². The van der Waals surface area contributed by atoms with Gasteiger partial charge in [0, 0.05) is 36.7 Å². The average molecular weight is 336 g/mol. The van der Waals surface area contributed by atoms with Gasteiger partial charge in [-0.05, 0) is 30.9 Å². The third-order valence-corrected chi connectivity index (χ3v) is 5.17. The van der Waals surface area contributed by atoms with E-state index < -0.39 is 5.63 Å². The Morgan fingerprint density at radius 3 is 3.04 bits per heavy atom. The van der Waals surface area contributed by atoms with E-state index in [1.165, 1.54) is 18.6 Å². The van der Waals surface area contributed by atoms with Crippen LogP contribution in [-0.2, 0) is 11.3 Å². The number of ether oxygens (including phenoxy) is 1. The molecule has 0 spiro atoms. The molecule has 2 fully saturated rings. The van der Waals surface area contributed by atoms with Crippen molar-refractivity contribution in [1.82, 2.24) is 4.90 Å². The molecule has 0 bridgehead atoms. The van der Waals surface area contributed by atoms with Gasteiger partial charge in [-0.3, -0.25) is 4.90 Å². The second-order valence-electron chi connectivity index (χ2n) is 6.27. The molecule has 1 aliphatic heterocycles. The number of nitrogens with zero attached hydrogens (tertiary/aromatic N) is 1. The highest BCUT2D eigenvalue weighted by Crippen LogP contribution is 2.33. The van der Waals surface area contributed by atoms with Crippen molar-refractivity contribution in [3.05, 3.63) is 39.2 Å². The molecule has 1 saturated carbocycles. The Morgan fingerprint density at radius 2 is 2.17 bits per heavy atom. The molecule has 1 N–H and O–H groups in total. The van der Waals surface area contributed by atoms with Gasteiger partial charge in [0.2, 0.25) is 0 Å². The van der Waals surface area contributed by atoms with Gasteiger partial charge in [0.1, 0.15) is 11.3 Å². The predicted octanol–water partition coefficient (Wildman–Crippen LogP) is 2.91. The lowest BCUT2D eigenvalue weighted by Crippen LogP contribution is -2.47. The summed E-state index contributed by atoms with van der Waals surface area (Å²) in [7, 11) is 0. The van der Waals surface area contributed by atoms with Crippen LogP contribution in [0, 0.1) is 0 Å². The molecule has 1 aliphatic carbocycles. The second-order valence-corrected chi connectivity index (χ2v) is 6.68. The van der Waals surface area contributed by atoms with E-state index in [4.69, 9.17) is 20.8 Å². The molecule has 6 heteroatoms. The maximum Gasteiger partial charge on any atom is 0.336 e. The SMILES string of the molecule is O=c1cc(CN2CCO[C@H]3CCC[C@H]32)c2cc(Cl)c(O)cc2o1. The molecule has 2 aromatic rings. The maximum atomic E-state index is 11.8. The van der Waals surface area contributed by atoms with Crippen LogP contribution in [0.4, 0.5) is 0 Å². The number of phenolic OH excluding ortho intramolecular Hbond substituents is 1. The molecule has 0 unspecified atom stereocenters. The first-order valence-electron chi connectivity index (χ1n) is 7.93. The van der Waals surface area contributed by atoms with Gasteiger partial charge in [0.25, 0.3) is 0 Å². The number of aromatic hydroxyl groups is 1. The van der Waals surface area contributed by atoms with Crippen molar-refractivity contribution in [2.45, 2.75) is 38.0 Å². The maximum absolute atomic E-state index is 11.8. The lowest BCUT2D eigenvalue weighted by molar-refractivity contribution is -0.0587. The summed E-state index contributed by atoms with van der Waals surface area (Å²) in [5.41, 5.74) is 0.835. The topological polar surface area (TPSA) is 62.9 Å². The molecule has 5 nitrogen and oxygen atoms in total. The highest BCUT2D eigenvalue weighted by Gasteiger charge is 2.36. The number of morpholine rings is 1. The van der Waals surface area contributed by atoms with Gasteiger partial charge >= 0.3 is 5.63 Å². The fourth-order valence-corrected chi connectivity index (χ4v) is 3.95. The number of benzene rings is 1. The van der Waals surface area contributed by atoms with E-state index >= 15 is 0 Å². The molecule has 23 heavy (non-hydrogen) atoms. The predicted molar refractivity (Wildman–Crippen MR) is 86.9 cm³/mol. The zero-order valence-electron chi connectivity index (χ0n) is 12.6. The summed E-state index contributed by atoms with van der Waals surface area (Å²) in [4.78, 5) is 14.2. The van der Waals surface area contributed by atoms with E-state index in [1.807, 2.05) is 0 Å². The molecule has 0 amide bonds. The largest absolute Gasteiger partial charge is 0.506 e.